The summed E-state index contributed by atoms with van der Waals surface area (Å²) in [7, 11) is 1.85. The second-order valence-electron chi connectivity index (χ2n) is 5.48. The van der Waals surface area contributed by atoms with Crippen LogP contribution in [0.1, 0.15) is 18.1 Å². The molecule has 19 heavy (non-hydrogen) atoms. The van der Waals surface area contributed by atoms with Gasteiger partial charge in [0.25, 0.3) is 0 Å². The molecular weight excluding hydrogens is 238 g/mol. The molecule has 0 radical (unpaired) electrons. The second kappa shape index (κ2) is 5.72. The van der Waals surface area contributed by atoms with Crippen molar-refractivity contribution in [3.05, 3.63) is 35.4 Å². The molecule has 1 fully saturated rings. The van der Waals surface area contributed by atoms with Gasteiger partial charge in [0.1, 0.15) is 6.04 Å². The highest BCUT2D eigenvalue weighted by Gasteiger charge is 2.36. The lowest BCUT2D eigenvalue weighted by atomic mass is 10.0. The average molecular weight is 261 g/mol. The first-order valence-electron chi connectivity index (χ1n) is 6.79. The molecule has 1 aromatic carbocycles. The molecule has 1 aliphatic heterocycles. The lowest BCUT2D eigenvalue weighted by Gasteiger charge is -2.43. The van der Waals surface area contributed by atoms with E-state index in [2.05, 4.69) is 43.0 Å². The molecule has 2 rings (SSSR count). The molecule has 1 aliphatic rings. The van der Waals surface area contributed by atoms with E-state index in [9.17, 15) is 4.79 Å². The lowest BCUT2D eigenvalue weighted by Crippen LogP contribution is -2.61. The van der Waals surface area contributed by atoms with E-state index >= 15 is 0 Å². The molecule has 1 heterocycles. The number of carbonyl (C=O) groups is 1. The summed E-state index contributed by atoms with van der Waals surface area (Å²) < 4.78 is 0. The zero-order valence-corrected chi connectivity index (χ0v) is 12.0. The summed E-state index contributed by atoms with van der Waals surface area (Å²) in [6, 6.07) is 8.59. The van der Waals surface area contributed by atoms with Crippen LogP contribution < -0.4 is 5.73 Å². The summed E-state index contributed by atoms with van der Waals surface area (Å²) in [5.41, 5.74) is 8.28. The normalized spacial score (nSPS) is 24.8. The number of hydrogen-bond donors (Lipinski definition) is 1. The SMILES string of the molecule is Cc1ccc(CN2C(C)CN(C)C(=O)C2CN)cc1. The van der Waals surface area contributed by atoms with Crippen LogP contribution in [0.4, 0.5) is 0 Å². The van der Waals surface area contributed by atoms with E-state index in [0.29, 0.717) is 12.6 Å². The molecule has 104 valence electrons. The molecule has 2 N–H and O–H groups in total. The molecule has 1 saturated heterocycles. The van der Waals surface area contributed by atoms with E-state index in [1.807, 2.05) is 7.05 Å². The van der Waals surface area contributed by atoms with Gasteiger partial charge >= 0.3 is 0 Å². The summed E-state index contributed by atoms with van der Waals surface area (Å²) in [4.78, 5) is 16.2. The minimum absolute atomic E-state index is 0.132. The van der Waals surface area contributed by atoms with Crippen molar-refractivity contribution in [1.82, 2.24) is 9.80 Å². The predicted molar refractivity (Wildman–Crippen MR) is 76.7 cm³/mol. The third-order valence-electron chi connectivity index (χ3n) is 3.87. The number of rotatable bonds is 3. The first-order valence-corrected chi connectivity index (χ1v) is 6.79. The van der Waals surface area contributed by atoms with Crippen LogP contribution in [-0.2, 0) is 11.3 Å². The number of amides is 1. The van der Waals surface area contributed by atoms with E-state index in [4.69, 9.17) is 5.73 Å². The van der Waals surface area contributed by atoms with Crippen LogP contribution in [0.2, 0.25) is 0 Å². The van der Waals surface area contributed by atoms with Gasteiger partial charge in [0.2, 0.25) is 5.91 Å². The molecule has 0 aromatic heterocycles. The van der Waals surface area contributed by atoms with E-state index in [1.165, 1.54) is 11.1 Å². The Labute approximate surface area is 115 Å². The van der Waals surface area contributed by atoms with E-state index in [-0.39, 0.29) is 11.9 Å². The summed E-state index contributed by atoms with van der Waals surface area (Å²) in [5.74, 6) is 0.132. The van der Waals surface area contributed by atoms with Gasteiger partial charge in [-0.2, -0.15) is 0 Å². The Hall–Kier alpha value is -1.39. The molecule has 1 amide bonds. The van der Waals surface area contributed by atoms with E-state index < -0.39 is 0 Å². The van der Waals surface area contributed by atoms with Crippen LogP contribution in [0, 0.1) is 6.92 Å². The smallest absolute Gasteiger partial charge is 0.241 e. The van der Waals surface area contributed by atoms with Crippen molar-refractivity contribution >= 4 is 5.91 Å². The monoisotopic (exact) mass is 261 g/mol. The fourth-order valence-electron chi connectivity index (χ4n) is 2.70. The number of likely N-dealkylation sites (N-methyl/N-ethyl adjacent to an activating group) is 1. The van der Waals surface area contributed by atoms with Crippen LogP contribution in [-0.4, -0.2) is 47.9 Å². The molecule has 4 nitrogen and oxygen atoms in total. The maximum atomic E-state index is 12.2. The number of hydrogen-bond acceptors (Lipinski definition) is 3. The quantitative estimate of drug-likeness (QED) is 0.882. The lowest BCUT2D eigenvalue weighted by molar-refractivity contribution is -0.142. The van der Waals surface area contributed by atoms with Crippen LogP contribution in [0.3, 0.4) is 0 Å². The van der Waals surface area contributed by atoms with Crippen molar-refractivity contribution in [2.45, 2.75) is 32.5 Å². The average Bonchev–Trinajstić information content (AvgIpc) is 2.39. The molecule has 0 spiro atoms. The van der Waals surface area contributed by atoms with E-state index in [1.54, 1.807) is 4.90 Å². The van der Waals surface area contributed by atoms with Gasteiger partial charge in [0, 0.05) is 32.7 Å². The van der Waals surface area contributed by atoms with Gasteiger partial charge < -0.3 is 10.6 Å². The standard InChI is InChI=1S/C15H23N3O/c1-11-4-6-13(7-5-11)10-18-12(2)9-17(3)15(19)14(18)8-16/h4-7,12,14H,8-10,16H2,1-3H3. The van der Waals surface area contributed by atoms with Crippen molar-refractivity contribution < 1.29 is 4.79 Å². The first-order chi connectivity index (χ1) is 9.02. The van der Waals surface area contributed by atoms with Crippen molar-refractivity contribution in [3.63, 3.8) is 0 Å². The van der Waals surface area contributed by atoms with Gasteiger partial charge in [0.15, 0.2) is 0 Å². The molecular formula is C15H23N3O. The van der Waals surface area contributed by atoms with E-state index in [0.717, 1.165) is 13.1 Å². The van der Waals surface area contributed by atoms with Gasteiger partial charge in [-0.05, 0) is 19.4 Å². The highest BCUT2D eigenvalue weighted by Crippen LogP contribution is 2.19. The Bertz CT molecular complexity index is 443. The summed E-state index contributed by atoms with van der Waals surface area (Å²) >= 11 is 0. The second-order valence-corrected chi connectivity index (χ2v) is 5.48. The first kappa shape index (κ1) is 14.0. The number of nitrogens with zero attached hydrogens (tertiary/aromatic N) is 2. The van der Waals surface area contributed by atoms with Crippen molar-refractivity contribution in [3.8, 4) is 0 Å². The molecule has 4 heteroatoms. The topological polar surface area (TPSA) is 49.6 Å². The number of piperazine rings is 1. The fraction of sp³-hybridized carbons (Fsp3) is 0.533. The molecule has 0 saturated carbocycles. The maximum Gasteiger partial charge on any atom is 0.241 e. The Kier molecular flexibility index (Phi) is 4.22. The summed E-state index contributed by atoms with van der Waals surface area (Å²) in [6.07, 6.45) is 0. The zero-order valence-electron chi connectivity index (χ0n) is 12.0. The number of aryl methyl sites for hydroxylation is 1. The predicted octanol–water partition coefficient (Wildman–Crippen LogP) is 0.985. The largest absolute Gasteiger partial charge is 0.343 e. The third kappa shape index (κ3) is 2.96. The maximum absolute atomic E-state index is 12.2. The van der Waals surface area contributed by atoms with Crippen molar-refractivity contribution in [2.24, 2.45) is 5.73 Å². The molecule has 1 aromatic rings. The molecule has 2 unspecified atom stereocenters. The Morgan fingerprint density at radius 1 is 1.32 bits per heavy atom. The molecule has 2 atom stereocenters. The van der Waals surface area contributed by atoms with Gasteiger partial charge in [-0.1, -0.05) is 29.8 Å². The molecule has 0 bridgehead atoms. The fourth-order valence-corrected chi connectivity index (χ4v) is 2.70. The van der Waals surface area contributed by atoms with Crippen LogP contribution in [0.25, 0.3) is 0 Å². The highest BCUT2D eigenvalue weighted by atomic mass is 16.2. The minimum atomic E-state index is -0.199. The van der Waals surface area contributed by atoms with Crippen LogP contribution in [0.5, 0.6) is 0 Å². The Morgan fingerprint density at radius 3 is 2.53 bits per heavy atom. The van der Waals surface area contributed by atoms with Crippen molar-refractivity contribution in [2.75, 3.05) is 20.1 Å². The van der Waals surface area contributed by atoms with Crippen LogP contribution >= 0.6 is 0 Å². The highest BCUT2D eigenvalue weighted by molar-refractivity contribution is 5.82. The Morgan fingerprint density at radius 2 is 1.95 bits per heavy atom. The van der Waals surface area contributed by atoms with Gasteiger partial charge in [-0.3, -0.25) is 9.69 Å². The third-order valence-corrected chi connectivity index (χ3v) is 3.87. The minimum Gasteiger partial charge on any atom is -0.343 e. The summed E-state index contributed by atoms with van der Waals surface area (Å²) in [5, 5.41) is 0. The number of carbonyl (C=O) groups excluding carboxylic acids is 1. The van der Waals surface area contributed by atoms with Gasteiger partial charge in [-0.15, -0.1) is 0 Å². The number of benzene rings is 1. The Balaban J connectivity index is 2.16. The van der Waals surface area contributed by atoms with Gasteiger partial charge in [0.05, 0.1) is 0 Å². The molecule has 0 aliphatic carbocycles. The van der Waals surface area contributed by atoms with Crippen molar-refractivity contribution in [1.29, 1.82) is 0 Å². The number of nitrogens with two attached hydrogens (primary N) is 1. The zero-order chi connectivity index (χ0) is 14.0. The summed E-state index contributed by atoms with van der Waals surface area (Å²) in [6.45, 7) is 6.15. The van der Waals surface area contributed by atoms with Gasteiger partial charge in [-0.25, -0.2) is 0 Å². The van der Waals surface area contributed by atoms with Crippen LogP contribution in [0.15, 0.2) is 24.3 Å².